The lowest BCUT2D eigenvalue weighted by Crippen LogP contribution is -2.24. The van der Waals surface area contributed by atoms with Crippen LogP contribution in [0.3, 0.4) is 0 Å². The van der Waals surface area contributed by atoms with Gasteiger partial charge in [0.25, 0.3) is 0 Å². The van der Waals surface area contributed by atoms with Gasteiger partial charge >= 0.3 is 0 Å². The van der Waals surface area contributed by atoms with Gasteiger partial charge in [-0.25, -0.2) is 13.1 Å². The summed E-state index contributed by atoms with van der Waals surface area (Å²) in [6.45, 7) is 6.80. The monoisotopic (exact) mass is 349 g/mol. The van der Waals surface area contributed by atoms with Crippen LogP contribution in [-0.2, 0) is 10.0 Å². The molecule has 0 fully saturated rings. The zero-order valence-electron chi connectivity index (χ0n) is 15.2. The summed E-state index contributed by atoms with van der Waals surface area (Å²) in [5.74, 6) is 0.612. The Hall–Kier alpha value is -1.35. The van der Waals surface area contributed by atoms with E-state index in [1.165, 1.54) is 19.3 Å². The zero-order chi connectivity index (χ0) is 17.8. The fourth-order valence-corrected chi connectivity index (χ4v) is 3.44. The molecule has 0 saturated heterocycles. The average molecular weight is 350 g/mol. The molecule has 0 saturated carbocycles. The molecule has 0 aromatic heterocycles. The number of aryl methyl sites for hydroxylation is 1. The van der Waals surface area contributed by atoms with Crippen LogP contribution in [-0.4, -0.2) is 15.0 Å². The van der Waals surface area contributed by atoms with Crippen LogP contribution in [0.15, 0.2) is 47.0 Å². The number of benzene rings is 1. The molecule has 0 spiro atoms. The van der Waals surface area contributed by atoms with Crippen molar-refractivity contribution in [3.05, 3.63) is 47.7 Å². The first-order valence-corrected chi connectivity index (χ1v) is 10.4. The summed E-state index contributed by atoms with van der Waals surface area (Å²) >= 11 is 0. The fourth-order valence-electron chi connectivity index (χ4n) is 2.37. The summed E-state index contributed by atoms with van der Waals surface area (Å²) in [5.41, 5.74) is 4.30. The topological polar surface area (TPSA) is 46.2 Å². The van der Waals surface area contributed by atoms with E-state index in [0.29, 0.717) is 17.4 Å². The van der Waals surface area contributed by atoms with E-state index in [0.717, 1.165) is 24.8 Å². The van der Waals surface area contributed by atoms with Crippen molar-refractivity contribution in [1.82, 2.24) is 4.72 Å². The molecule has 1 rings (SSSR count). The van der Waals surface area contributed by atoms with Crippen LogP contribution >= 0.6 is 0 Å². The van der Waals surface area contributed by atoms with Crippen LogP contribution in [0, 0.1) is 12.8 Å². The van der Waals surface area contributed by atoms with Gasteiger partial charge in [0.2, 0.25) is 10.0 Å². The van der Waals surface area contributed by atoms with Crippen molar-refractivity contribution in [3.8, 4) is 0 Å². The molecule has 0 aliphatic heterocycles. The molecular weight excluding hydrogens is 318 g/mol. The van der Waals surface area contributed by atoms with Gasteiger partial charge in [-0.05, 0) is 62.8 Å². The predicted octanol–water partition coefficient (Wildman–Crippen LogP) is 4.98. The lowest BCUT2D eigenvalue weighted by molar-refractivity contribution is 0.540. The second-order valence-electron chi connectivity index (χ2n) is 6.20. The Balaban J connectivity index is 2.34. The molecule has 0 aliphatic rings. The van der Waals surface area contributed by atoms with E-state index < -0.39 is 10.0 Å². The molecule has 0 aliphatic carbocycles. The lowest BCUT2D eigenvalue weighted by atomic mass is 9.99. The quantitative estimate of drug-likeness (QED) is 0.452. The molecule has 3 nitrogen and oxygen atoms in total. The van der Waals surface area contributed by atoms with Gasteiger partial charge in [-0.2, -0.15) is 0 Å². The van der Waals surface area contributed by atoms with Crippen molar-refractivity contribution < 1.29 is 8.42 Å². The number of sulfonamides is 1. The Morgan fingerprint density at radius 3 is 2.50 bits per heavy atom. The third-order valence-electron chi connectivity index (χ3n) is 4.05. The van der Waals surface area contributed by atoms with E-state index in [9.17, 15) is 8.42 Å². The van der Waals surface area contributed by atoms with Crippen molar-refractivity contribution in [3.63, 3.8) is 0 Å². The summed E-state index contributed by atoms with van der Waals surface area (Å²) in [7, 11) is -3.39. The molecule has 4 heteroatoms. The highest BCUT2D eigenvalue weighted by Crippen LogP contribution is 2.13. The number of nitrogens with one attached hydrogen (secondary N) is 1. The summed E-state index contributed by atoms with van der Waals surface area (Å²) in [6, 6.07) is 6.90. The Bertz CT molecular complexity index is 626. The second-order valence-corrected chi connectivity index (χ2v) is 7.97. The van der Waals surface area contributed by atoms with Crippen LogP contribution < -0.4 is 4.72 Å². The van der Waals surface area contributed by atoms with Gasteiger partial charge in [0, 0.05) is 6.54 Å². The first-order valence-electron chi connectivity index (χ1n) is 8.97. The predicted molar refractivity (Wildman–Crippen MR) is 102 cm³/mol. The SMILES string of the molecule is CCCCC(C=C=CCCCNS(=O)(=O)c1ccc(C)cc1)CC. The minimum atomic E-state index is -3.39. The maximum Gasteiger partial charge on any atom is 0.240 e. The largest absolute Gasteiger partial charge is 0.240 e. The second kappa shape index (κ2) is 11.2. The first-order chi connectivity index (χ1) is 11.5. The van der Waals surface area contributed by atoms with Gasteiger partial charge in [0.1, 0.15) is 0 Å². The third kappa shape index (κ3) is 7.96. The van der Waals surface area contributed by atoms with E-state index in [1.54, 1.807) is 12.1 Å². The van der Waals surface area contributed by atoms with Crippen LogP contribution in [0.5, 0.6) is 0 Å². The number of rotatable bonds is 11. The van der Waals surface area contributed by atoms with Gasteiger partial charge in [-0.15, -0.1) is 5.73 Å². The van der Waals surface area contributed by atoms with Crippen LogP contribution in [0.1, 0.15) is 57.9 Å². The highest BCUT2D eigenvalue weighted by Gasteiger charge is 2.12. The molecule has 1 N–H and O–H groups in total. The molecule has 24 heavy (non-hydrogen) atoms. The van der Waals surface area contributed by atoms with Gasteiger partial charge < -0.3 is 0 Å². The number of allylic oxidation sites excluding steroid dienone is 1. The van der Waals surface area contributed by atoms with Crippen molar-refractivity contribution in [1.29, 1.82) is 0 Å². The van der Waals surface area contributed by atoms with Gasteiger partial charge in [0.05, 0.1) is 4.90 Å². The molecule has 0 amide bonds. The zero-order valence-corrected chi connectivity index (χ0v) is 16.0. The van der Waals surface area contributed by atoms with Crippen molar-refractivity contribution in [2.24, 2.45) is 5.92 Å². The van der Waals surface area contributed by atoms with Gasteiger partial charge in [-0.3, -0.25) is 0 Å². The van der Waals surface area contributed by atoms with Crippen molar-refractivity contribution in [2.75, 3.05) is 6.54 Å². The fraction of sp³-hybridized carbons (Fsp3) is 0.550. The van der Waals surface area contributed by atoms with E-state index in [4.69, 9.17) is 0 Å². The van der Waals surface area contributed by atoms with Crippen LogP contribution in [0.2, 0.25) is 0 Å². The van der Waals surface area contributed by atoms with E-state index >= 15 is 0 Å². The average Bonchev–Trinajstić information content (AvgIpc) is 2.57. The first kappa shape index (κ1) is 20.7. The van der Waals surface area contributed by atoms with Crippen LogP contribution in [0.25, 0.3) is 0 Å². The normalized spacial score (nSPS) is 12.5. The number of unbranched alkanes of at least 4 members (excludes halogenated alkanes) is 2. The van der Waals surface area contributed by atoms with Crippen molar-refractivity contribution >= 4 is 10.0 Å². The molecular formula is C20H31NO2S. The van der Waals surface area contributed by atoms with E-state index in [-0.39, 0.29) is 0 Å². The Morgan fingerprint density at radius 1 is 1.17 bits per heavy atom. The Kier molecular flexibility index (Phi) is 9.70. The maximum absolute atomic E-state index is 12.1. The van der Waals surface area contributed by atoms with Gasteiger partial charge in [-0.1, -0.05) is 44.4 Å². The highest BCUT2D eigenvalue weighted by atomic mass is 32.2. The summed E-state index contributed by atoms with van der Waals surface area (Å²) in [5, 5.41) is 0. The molecule has 0 heterocycles. The Labute approximate surface area is 147 Å². The molecule has 1 aromatic rings. The summed E-state index contributed by atoms with van der Waals surface area (Å²) in [4.78, 5) is 0.324. The molecule has 134 valence electrons. The Morgan fingerprint density at radius 2 is 1.88 bits per heavy atom. The lowest BCUT2D eigenvalue weighted by Gasteiger charge is -2.06. The molecule has 1 unspecified atom stereocenters. The summed E-state index contributed by atoms with van der Waals surface area (Å²) < 4.78 is 26.9. The summed E-state index contributed by atoms with van der Waals surface area (Å²) in [6.07, 6.45) is 10.6. The molecule has 0 bridgehead atoms. The standard InChI is InChI=1S/C20H31NO2S/c1-4-6-11-19(5-2)12-9-7-8-10-17-21-24(22,23)20-15-13-18(3)14-16-20/h7,12-16,19,21H,4-6,8,10-11,17H2,1-3H3. The molecule has 1 aromatic carbocycles. The molecule has 0 radical (unpaired) electrons. The minimum absolute atomic E-state index is 0.324. The minimum Gasteiger partial charge on any atom is -0.211 e. The maximum atomic E-state index is 12.1. The van der Waals surface area contributed by atoms with Gasteiger partial charge in [0.15, 0.2) is 0 Å². The third-order valence-corrected chi connectivity index (χ3v) is 5.53. The molecule has 1 atom stereocenters. The smallest absolute Gasteiger partial charge is 0.211 e. The number of hydrogen-bond donors (Lipinski definition) is 1. The van der Waals surface area contributed by atoms with Crippen LogP contribution in [0.4, 0.5) is 0 Å². The van der Waals surface area contributed by atoms with E-state index in [1.807, 2.05) is 25.1 Å². The van der Waals surface area contributed by atoms with Crippen molar-refractivity contribution in [2.45, 2.75) is 64.2 Å². The van der Waals surface area contributed by atoms with E-state index in [2.05, 4.69) is 30.4 Å². The number of hydrogen-bond acceptors (Lipinski definition) is 2. The highest BCUT2D eigenvalue weighted by molar-refractivity contribution is 7.89.